The number of hydrogen-bond donors (Lipinski definition) is 2. The van der Waals surface area contributed by atoms with E-state index in [1.165, 1.54) is 0 Å². The van der Waals surface area contributed by atoms with Crippen molar-refractivity contribution >= 4 is 23.3 Å². The lowest BCUT2D eigenvalue weighted by atomic mass is 9.96. The van der Waals surface area contributed by atoms with E-state index in [0.29, 0.717) is 17.3 Å². The van der Waals surface area contributed by atoms with Crippen molar-refractivity contribution in [2.75, 3.05) is 26.1 Å². The van der Waals surface area contributed by atoms with Gasteiger partial charge in [0.1, 0.15) is 11.4 Å². The van der Waals surface area contributed by atoms with Crippen LogP contribution in [-0.2, 0) is 10.3 Å². The van der Waals surface area contributed by atoms with Crippen molar-refractivity contribution in [3.63, 3.8) is 0 Å². The van der Waals surface area contributed by atoms with Crippen molar-refractivity contribution in [3.05, 3.63) is 59.1 Å². The number of amides is 2. The molecule has 0 heterocycles. The van der Waals surface area contributed by atoms with Crippen LogP contribution in [0.5, 0.6) is 5.75 Å². The Balaban J connectivity index is 1.97. The molecule has 0 bridgehead atoms. The monoisotopic (exact) mass is 348 g/mol. The van der Waals surface area contributed by atoms with E-state index < -0.39 is 5.60 Å². The SMILES string of the molecule is COc1ccc(NC(=O)NCC(C)(OC)c2cccc(Cl)c2)cc1. The molecule has 128 valence electrons. The molecule has 0 fully saturated rings. The van der Waals surface area contributed by atoms with E-state index in [1.54, 1.807) is 44.6 Å². The fraction of sp³-hybridized carbons (Fsp3) is 0.278. The Labute approximate surface area is 146 Å². The predicted octanol–water partition coefficient (Wildman–Crippen LogP) is 4.03. The number of urea groups is 1. The van der Waals surface area contributed by atoms with Crippen LogP contribution in [0.15, 0.2) is 48.5 Å². The number of anilines is 1. The van der Waals surface area contributed by atoms with E-state index in [1.807, 2.05) is 25.1 Å². The van der Waals surface area contributed by atoms with Gasteiger partial charge in [-0.25, -0.2) is 4.79 Å². The van der Waals surface area contributed by atoms with Gasteiger partial charge in [0.25, 0.3) is 0 Å². The molecule has 2 rings (SSSR count). The fourth-order valence-electron chi connectivity index (χ4n) is 2.21. The summed E-state index contributed by atoms with van der Waals surface area (Å²) in [7, 11) is 3.19. The van der Waals surface area contributed by atoms with Crippen LogP contribution < -0.4 is 15.4 Å². The summed E-state index contributed by atoms with van der Waals surface area (Å²) in [5, 5.41) is 6.21. The summed E-state index contributed by atoms with van der Waals surface area (Å²) in [4.78, 5) is 12.1. The Morgan fingerprint density at radius 1 is 1.17 bits per heavy atom. The van der Waals surface area contributed by atoms with Gasteiger partial charge in [0.05, 0.1) is 13.7 Å². The first kappa shape index (κ1) is 18.1. The number of carbonyl (C=O) groups is 1. The maximum absolute atomic E-state index is 12.1. The highest BCUT2D eigenvalue weighted by atomic mass is 35.5. The van der Waals surface area contributed by atoms with Gasteiger partial charge in [-0.1, -0.05) is 23.7 Å². The first-order valence-electron chi connectivity index (χ1n) is 7.47. The van der Waals surface area contributed by atoms with Crippen molar-refractivity contribution in [2.24, 2.45) is 0 Å². The largest absolute Gasteiger partial charge is 0.497 e. The van der Waals surface area contributed by atoms with E-state index in [2.05, 4.69) is 10.6 Å². The molecule has 2 amide bonds. The van der Waals surface area contributed by atoms with Crippen LogP contribution in [-0.4, -0.2) is 26.8 Å². The Morgan fingerprint density at radius 3 is 2.46 bits per heavy atom. The first-order chi connectivity index (χ1) is 11.5. The molecule has 2 aromatic carbocycles. The van der Waals surface area contributed by atoms with Gasteiger partial charge in [-0.2, -0.15) is 0 Å². The molecule has 0 aliphatic heterocycles. The highest BCUT2D eigenvalue weighted by Gasteiger charge is 2.27. The lowest BCUT2D eigenvalue weighted by Gasteiger charge is -2.29. The van der Waals surface area contributed by atoms with Crippen LogP contribution in [0.25, 0.3) is 0 Å². The quantitative estimate of drug-likeness (QED) is 0.828. The molecule has 0 saturated carbocycles. The zero-order valence-corrected chi connectivity index (χ0v) is 14.7. The topological polar surface area (TPSA) is 59.6 Å². The number of nitrogens with one attached hydrogen (secondary N) is 2. The maximum Gasteiger partial charge on any atom is 0.319 e. The number of rotatable bonds is 6. The summed E-state index contributed by atoms with van der Waals surface area (Å²) in [6.45, 7) is 2.19. The van der Waals surface area contributed by atoms with Crippen molar-refractivity contribution in [1.29, 1.82) is 0 Å². The van der Waals surface area contributed by atoms with E-state index in [4.69, 9.17) is 21.1 Å². The van der Waals surface area contributed by atoms with Crippen LogP contribution in [0, 0.1) is 0 Å². The lowest BCUT2D eigenvalue weighted by Crippen LogP contribution is -2.41. The van der Waals surface area contributed by atoms with Gasteiger partial charge in [-0.3, -0.25) is 0 Å². The summed E-state index contributed by atoms with van der Waals surface area (Å²) >= 11 is 6.04. The van der Waals surface area contributed by atoms with Gasteiger partial charge < -0.3 is 20.1 Å². The minimum Gasteiger partial charge on any atom is -0.497 e. The second-order valence-electron chi connectivity index (χ2n) is 5.48. The van der Waals surface area contributed by atoms with Crippen LogP contribution in [0.1, 0.15) is 12.5 Å². The van der Waals surface area contributed by atoms with Crippen LogP contribution in [0.4, 0.5) is 10.5 Å². The molecule has 24 heavy (non-hydrogen) atoms. The summed E-state index contributed by atoms with van der Waals surface area (Å²) < 4.78 is 10.7. The van der Waals surface area contributed by atoms with Crippen LogP contribution in [0.3, 0.4) is 0 Å². The molecule has 5 nitrogen and oxygen atoms in total. The first-order valence-corrected chi connectivity index (χ1v) is 7.85. The summed E-state index contributed by atoms with van der Waals surface area (Å²) in [5.74, 6) is 0.730. The third-order valence-corrected chi connectivity index (χ3v) is 4.06. The van der Waals surface area contributed by atoms with Crippen LogP contribution in [0.2, 0.25) is 5.02 Å². The standard InChI is InChI=1S/C18H21ClN2O3/c1-18(24-3,13-5-4-6-14(19)11-13)12-20-17(22)21-15-7-9-16(23-2)10-8-15/h4-11H,12H2,1-3H3,(H2,20,21,22). The normalized spacial score (nSPS) is 13.0. The van der Waals surface area contributed by atoms with Gasteiger partial charge in [0, 0.05) is 17.8 Å². The smallest absolute Gasteiger partial charge is 0.319 e. The fourth-order valence-corrected chi connectivity index (χ4v) is 2.40. The predicted molar refractivity (Wildman–Crippen MR) is 95.8 cm³/mol. The molecule has 0 saturated heterocycles. The van der Waals surface area contributed by atoms with Gasteiger partial charge in [-0.15, -0.1) is 0 Å². The minimum absolute atomic E-state index is 0.297. The van der Waals surface area contributed by atoms with Gasteiger partial charge >= 0.3 is 6.03 Å². The maximum atomic E-state index is 12.1. The van der Waals surface area contributed by atoms with E-state index in [0.717, 1.165) is 11.3 Å². The van der Waals surface area contributed by atoms with Crippen molar-refractivity contribution < 1.29 is 14.3 Å². The third-order valence-electron chi connectivity index (χ3n) is 3.82. The molecule has 0 radical (unpaired) electrons. The Morgan fingerprint density at radius 2 is 1.88 bits per heavy atom. The van der Waals surface area contributed by atoms with E-state index in [9.17, 15) is 4.79 Å². The number of benzene rings is 2. The molecule has 6 heteroatoms. The zero-order chi connectivity index (χ0) is 17.6. The van der Waals surface area contributed by atoms with Gasteiger partial charge in [0.15, 0.2) is 0 Å². The molecule has 0 aliphatic carbocycles. The molecule has 0 aliphatic rings. The van der Waals surface area contributed by atoms with Crippen molar-refractivity contribution in [2.45, 2.75) is 12.5 Å². The summed E-state index contributed by atoms with van der Waals surface area (Å²) in [5.41, 5.74) is 0.889. The molecule has 1 unspecified atom stereocenters. The minimum atomic E-state index is -0.678. The molecule has 0 spiro atoms. The summed E-state index contributed by atoms with van der Waals surface area (Å²) in [6.07, 6.45) is 0. The molecule has 2 N–H and O–H groups in total. The molecule has 2 aromatic rings. The molecular weight excluding hydrogens is 328 g/mol. The molecular formula is C18H21ClN2O3. The highest BCUT2D eigenvalue weighted by molar-refractivity contribution is 6.30. The Kier molecular flexibility index (Phi) is 6.06. The number of ether oxygens (including phenoxy) is 2. The van der Waals surface area contributed by atoms with Gasteiger partial charge in [-0.05, 0) is 48.9 Å². The number of carbonyl (C=O) groups excluding carboxylic acids is 1. The number of methoxy groups -OCH3 is 2. The van der Waals surface area contributed by atoms with E-state index >= 15 is 0 Å². The van der Waals surface area contributed by atoms with E-state index in [-0.39, 0.29) is 6.03 Å². The summed E-state index contributed by atoms with van der Waals surface area (Å²) in [6, 6.07) is 14.2. The second-order valence-corrected chi connectivity index (χ2v) is 5.92. The average Bonchev–Trinajstić information content (AvgIpc) is 2.60. The molecule has 1 atom stereocenters. The average molecular weight is 349 g/mol. The van der Waals surface area contributed by atoms with Gasteiger partial charge in [0.2, 0.25) is 0 Å². The lowest BCUT2D eigenvalue weighted by molar-refractivity contribution is 0.00521. The zero-order valence-electron chi connectivity index (χ0n) is 13.9. The van der Waals surface area contributed by atoms with Crippen LogP contribution >= 0.6 is 11.6 Å². The highest BCUT2D eigenvalue weighted by Crippen LogP contribution is 2.26. The third kappa shape index (κ3) is 4.63. The number of halogens is 1. The van der Waals surface area contributed by atoms with Crippen molar-refractivity contribution in [1.82, 2.24) is 5.32 Å². The second kappa shape index (κ2) is 8.04. The Bertz CT molecular complexity index is 691. The molecule has 0 aromatic heterocycles. The van der Waals surface area contributed by atoms with Crippen molar-refractivity contribution in [3.8, 4) is 5.75 Å². The Hall–Kier alpha value is -2.24. The number of hydrogen-bond acceptors (Lipinski definition) is 3.